The predicted molar refractivity (Wildman–Crippen MR) is 115 cm³/mol. The summed E-state index contributed by atoms with van der Waals surface area (Å²) in [6.07, 6.45) is 6.93. The van der Waals surface area contributed by atoms with E-state index in [-0.39, 0.29) is 10.8 Å². The number of nitrogens with zero attached hydrogens (tertiary/aromatic N) is 1. The minimum Gasteiger partial charge on any atom is -0.378 e. The van der Waals surface area contributed by atoms with Crippen molar-refractivity contribution in [1.82, 2.24) is 9.62 Å². The van der Waals surface area contributed by atoms with Crippen molar-refractivity contribution >= 4 is 39.5 Å². The van der Waals surface area contributed by atoms with Crippen LogP contribution in [0.25, 0.3) is 0 Å². The highest BCUT2D eigenvalue weighted by molar-refractivity contribution is 8.00. The van der Waals surface area contributed by atoms with Crippen molar-refractivity contribution in [3.8, 4) is 0 Å². The maximum atomic E-state index is 12.9. The van der Waals surface area contributed by atoms with E-state index in [1.165, 1.54) is 43.5 Å². The molecule has 1 aromatic carbocycles. The SMILES string of the molecule is CSc1ccc(S(=O)(=O)NCCSC2CCCC2)cc1C(=O)N1CCOCC1. The smallest absolute Gasteiger partial charge is 0.255 e. The standard InChI is InChI=1S/C19H28N2O4S3/c1-26-18-7-6-16(14-17(18)19(22)21-9-11-25-12-10-21)28(23,24)20-8-13-27-15-4-2-3-5-15/h6-7,14-15,20H,2-5,8-13H2,1H3. The van der Waals surface area contributed by atoms with Gasteiger partial charge >= 0.3 is 0 Å². The Labute approximate surface area is 176 Å². The number of ether oxygens (including phenoxy) is 1. The van der Waals surface area contributed by atoms with Crippen molar-refractivity contribution in [3.05, 3.63) is 23.8 Å². The fourth-order valence-corrected chi connectivity index (χ4v) is 6.48. The van der Waals surface area contributed by atoms with Gasteiger partial charge in [-0.2, -0.15) is 11.8 Å². The van der Waals surface area contributed by atoms with Crippen LogP contribution >= 0.6 is 23.5 Å². The zero-order valence-electron chi connectivity index (χ0n) is 16.2. The molecule has 156 valence electrons. The van der Waals surface area contributed by atoms with E-state index in [0.717, 1.165) is 10.6 Å². The van der Waals surface area contributed by atoms with E-state index < -0.39 is 10.0 Å². The van der Waals surface area contributed by atoms with E-state index >= 15 is 0 Å². The Hall–Kier alpha value is -0.740. The molecule has 1 saturated heterocycles. The molecule has 1 heterocycles. The number of nitrogens with one attached hydrogen (secondary N) is 1. The lowest BCUT2D eigenvalue weighted by Crippen LogP contribution is -2.41. The molecule has 1 aliphatic carbocycles. The molecule has 9 heteroatoms. The average Bonchev–Trinajstić information content (AvgIpc) is 3.24. The molecular weight excluding hydrogens is 416 g/mol. The van der Waals surface area contributed by atoms with Gasteiger partial charge in [-0.15, -0.1) is 11.8 Å². The van der Waals surface area contributed by atoms with Gasteiger partial charge in [-0.05, 0) is 37.3 Å². The molecule has 0 unspecified atom stereocenters. The van der Waals surface area contributed by atoms with Crippen molar-refractivity contribution in [2.75, 3.05) is 44.9 Å². The zero-order chi connectivity index (χ0) is 20.0. The molecule has 1 aromatic rings. The number of thioether (sulfide) groups is 2. The van der Waals surface area contributed by atoms with Crippen molar-refractivity contribution < 1.29 is 17.9 Å². The second-order valence-corrected chi connectivity index (χ2v) is 11.0. The van der Waals surface area contributed by atoms with Gasteiger partial charge in [-0.3, -0.25) is 4.79 Å². The molecule has 1 saturated carbocycles. The number of benzene rings is 1. The Morgan fingerprint density at radius 2 is 1.96 bits per heavy atom. The van der Waals surface area contributed by atoms with Crippen LogP contribution < -0.4 is 4.72 Å². The van der Waals surface area contributed by atoms with E-state index in [1.54, 1.807) is 17.0 Å². The van der Waals surface area contributed by atoms with Gasteiger partial charge in [0.05, 0.1) is 23.7 Å². The topological polar surface area (TPSA) is 75.7 Å². The highest BCUT2D eigenvalue weighted by atomic mass is 32.2. The molecule has 0 spiro atoms. The Bertz CT molecular complexity index is 773. The van der Waals surface area contributed by atoms with Crippen LogP contribution in [0, 0.1) is 0 Å². The van der Waals surface area contributed by atoms with Gasteiger partial charge in [0.15, 0.2) is 0 Å². The zero-order valence-corrected chi connectivity index (χ0v) is 18.6. The minimum atomic E-state index is -3.64. The third-order valence-corrected chi connectivity index (χ3v) is 8.70. The van der Waals surface area contributed by atoms with Gasteiger partial charge in [-0.25, -0.2) is 13.1 Å². The molecule has 6 nitrogen and oxygen atoms in total. The first-order valence-electron chi connectivity index (χ1n) is 9.67. The highest BCUT2D eigenvalue weighted by Gasteiger charge is 2.24. The lowest BCUT2D eigenvalue weighted by Gasteiger charge is -2.27. The summed E-state index contributed by atoms with van der Waals surface area (Å²) in [6, 6.07) is 4.81. The lowest BCUT2D eigenvalue weighted by molar-refractivity contribution is 0.0300. The monoisotopic (exact) mass is 444 g/mol. The molecule has 2 aliphatic rings. The van der Waals surface area contributed by atoms with Gasteiger partial charge in [0.25, 0.3) is 5.91 Å². The van der Waals surface area contributed by atoms with Gasteiger partial charge < -0.3 is 9.64 Å². The summed E-state index contributed by atoms with van der Waals surface area (Å²) in [6.45, 7) is 2.48. The quantitative estimate of drug-likeness (QED) is 0.491. The number of carbonyl (C=O) groups is 1. The van der Waals surface area contributed by atoms with Crippen LogP contribution in [0.1, 0.15) is 36.0 Å². The summed E-state index contributed by atoms with van der Waals surface area (Å²) < 4.78 is 33.4. The third-order valence-electron chi connectivity index (χ3n) is 5.06. The van der Waals surface area contributed by atoms with Gasteiger partial charge in [0.2, 0.25) is 10.0 Å². The number of morpholine rings is 1. The van der Waals surface area contributed by atoms with Crippen LogP contribution in [-0.4, -0.2) is 69.3 Å². The molecule has 2 fully saturated rings. The maximum absolute atomic E-state index is 12.9. The predicted octanol–water partition coefficient (Wildman–Crippen LogP) is 2.84. The number of hydrogen-bond acceptors (Lipinski definition) is 6. The number of hydrogen-bond donors (Lipinski definition) is 1. The Morgan fingerprint density at radius 3 is 2.64 bits per heavy atom. The second kappa shape index (κ2) is 10.3. The van der Waals surface area contributed by atoms with Crippen LogP contribution in [0.3, 0.4) is 0 Å². The second-order valence-electron chi connectivity index (χ2n) is 6.94. The number of carbonyl (C=O) groups excluding carboxylic acids is 1. The Morgan fingerprint density at radius 1 is 1.25 bits per heavy atom. The summed E-state index contributed by atoms with van der Waals surface area (Å²) in [5.41, 5.74) is 0.442. The summed E-state index contributed by atoms with van der Waals surface area (Å²) in [7, 11) is -3.64. The van der Waals surface area contributed by atoms with Gasteiger partial charge in [-0.1, -0.05) is 12.8 Å². The minimum absolute atomic E-state index is 0.138. The number of amides is 1. The molecular formula is C19H28N2O4S3. The number of sulfonamides is 1. The molecule has 1 aliphatic heterocycles. The Kier molecular flexibility index (Phi) is 8.11. The molecule has 28 heavy (non-hydrogen) atoms. The molecule has 1 N–H and O–H groups in total. The van der Waals surface area contributed by atoms with Crippen LogP contribution in [-0.2, 0) is 14.8 Å². The summed E-state index contributed by atoms with van der Waals surface area (Å²) in [4.78, 5) is 15.6. The lowest BCUT2D eigenvalue weighted by atomic mass is 10.2. The van der Waals surface area contributed by atoms with Crippen LogP contribution in [0.4, 0.5) is 0 Å². The fourth-order valence-electron chi connectivity index (χ4n) is 3.50. The molecule has 0 atom stereocenters. The first-order chi connectivity index (χ1) is 13.5. The molecule has 0 aromatic heterocycles. The van der Waals surface area contributed by atoms with E-state index in [1.807, 2.05) is 18.0 Å². The van der Waals surface area contributed by atoms with Crippen LogP contribution in [0.2, 0.25) is 0 Å². The molecule has 0 radical (unpaired) electrons. The summed E-state index contributed by atoms with van der Waals surface area (Å²) in [5.74, 6) is 0.633. The van der Waals surface area contributed by atoms with E-state index in [4.69, 9.17) is 4.74 Å². The fraction of sp³-hybridized carbons (Fsp3) is 0.632. The average molecular weight is 445 g/mol. The van der Waals surface area contributed by atoms with Crippen molar-refractivity contribution in [3.63, 3.8) is 0 Å². The normalized spacial score (nSPS) is 18.5. The summed E-state index contributed by atoms with van der Waals surface area (Å²) in [5, 5.41) is 0.670. The first kappa shape index (κ1) is 22.0. The molecule has 1 amide bonds. The van der Waals surface area contributed by atoms with Crippen LogP contribution in [0.15, 0.2) is 28.0 Å². The largest absolute Gasteiger partial charge is 0.378 e. The first-order valence-corrected chi connectivity index (χ1v) is 13.4. The van der Waals surface area contributed by atoms with Crippen molar-refractivity contribution in [2.24, 2.45) is 0 Å². The van der Waals surface area contributed by atoms with Crippen molar-refractivity contribution in [2.45, 2.75) is 40.7 Å². The van der Waals surface area contributed by atoms with E-state index in [2.05, 4.69) is 4.72 Å². The van der Waals surface area contributed by atoms with Crippen molar-refractivity contribution in [1.29, 1.82) is 0 Å². The maximum Gasteiger partial charge on any atom is 0.255 e. The highest BCUT2D eigenvalue weighted by Crippen LogP contribution is 2.29. The van der Waals surface area contributed by atoms with Gasteiger partial charge in [0.1, 0.15) is 0 Å². The third kappa shape index (κ3) is 5.66. The van der Waals surface area contributed by atoms with Crippen LogP contribution in [0.5, 0.6) is 0 Å². The van der Waals surface area contributed by atoms with Gasteiger partial charge in [0, 0.05) is 35.5 Å². The summed E-state index contributed by atoms with van der Waals surface area (Å²) >= 11 is 3.30. The number of rotatable bonds is 8. The van der Waals surface area contributed by atoms with E-state index in [9.17, 15) is 13.2 Å². The molecule has 0 bridgehead atoms. The van der Waals surface area contributed by atoms with E-state index in [0.29, 0.717) is 43.7 Å². The Balaban J connectivity index is 1.67. The molecule has 3 rings (SSSR count).